The van der Waals surface area contributed by atoms with E-state index in [9.17, 15) is 9.59 Å². The van der Waals surface area contributed by atoms with Crippen molar-refractivity contribution in [1.29, 1.82) is 0 Å². The number of thioether (sulfide) groups is 4. The molecule has 0 fully saturated rings. The highest BCUT2D eigenvalue weighted by atomic mass is 32.2. The predicted molar refractivity (Wildman–Crippen MR) is 73.2 cm³/mol. The standard InChI is InChI=1S/C9H6O4S4/c1-13-7(12)5-3-15-9(17-5)8-14-2-4(16-8)6(10)11/h2-3H,1H3,(H,10,11)/b9-8-. The second kappa shape index (κ2) is 5.47. The molecule has 2 heterocycles. The molecule has 0 aromatic heterocycles. The summed E-state index contributed by atoms with van der Waals surface area (Å²) in [6.07, 6.45) is 0. The van der Waals surface area contributed by atoms with E-state index in [1.807, 2.05) is 0 Å². The lowest BCUT2D eigenvalue weighted by molar-refractivity contribution is -0.135. The van der Waals surface area contributed by atoms with E-state index >= 15 is 0 Å². The van der Waals surface area contributed by atoms with Crippen LogP contribution in [0.3, 0.4) is 0 Å². The summed E-state index contributed by atoms with van der Waals surface area (Å²) in [6.45, 7) is 0. The van der Waals surface area contributed by atoms with Gasteiger partial charge in [0.25, 0.3) is 0 Å². The van der Waals surface area contributed by atoms with Crippen LogP contribution in [-0.2, 0) is 14.3 Å². The van der Waals surface area contributed by atoms with Crippen molar-refractivity contribution in [3.05, 3.63) is 29.1 Å². The van der Waals surface area contributed by atoms with Crippen molar-refractivity contribution in [3.63, 3.8) is 0 Å². The maximum atomic E-state index is 11.3. The lowest BCUT2D eigenvalue weighted by atomic mass is 10.6. The quantitative estimate of drug-likeness (QED) is 0.781. The van der Waals surface area contributed by atoms with Gasteiger partial charge in [0, 0.05) is 0 Å². The SMILES string of the molecule is COC(=O)C1=CS/C(=C2\SC=C(C(=O)O)S2)S1. The molecule has 1 N–H and O–H groups in total. The van der Waals surface area contributed by atoms with Gasteiger partial charge in [0.05, 0.1) is 15.6 Å². The first kappa shape index (κ1) is 13.0. The summed E-state index contributed by atoms with van der Waals surface area (Å²) in [7, 11) is 1.34. The summed E-state index contributed by atoms with van der Waals surface area (Å²) in [6, 6.07) is 0. The Labute approximate surface area is 114 Å². The molecule has 2 aliphatic rings. The molecule has 0 aliphatic carbocycles. The monoisotopic (exact) mass is 306 g/mol. The number of aliphatic carboxylic acids is 1. The number of rotatable bonds is 2. The fourth-order valence-corrected chi connectivity index (χ4v) is 5.57. The number of hydrogen-bond acceptors (Lipinski definition) is 7. The van der Waals surface area contributed by atoms with Crippen molar-refractivity contribution in [2.45, 2.75) is 0 Å². The summed E-state index contributed by atoms with van der Waals surface area (Å²) in [5.74, 6) is -1.29. The van der Waals surface area contributed by atoms with Gasteiger partial charge in [0.2, 0.25) is 0 Å². The zero-order valence-corrected chi connectivity index (χ0v) is 11.7. The fourth-order valence-electron chi connectivity index (χ4n) is 0.974. The van der Waals surface area contributed by atoms with Gasteiger partial charge in [-0.05, 0) is 10.8 Å². The third-order valence-corrected chi connectivity index (χ3v) is 6.95. The number of carbonyl (C=O) groups excluding carboxylic acids is 1. The molecular formula is C9H6O4S4. The number of carbonyl (C=O) groups is 2. The van der Waals surface area contributed by atoms with E-state index in [0.717, 1.165) is 8.47 Å². The van der Waals surface area contributed by atoms with Crippen LogP contribution in [-0.4, -0.2) is 24.2 Å². The fraction of sp³-hybridized carbons (Fsp3) is 0.111. The van der Waals surface area contributed by atoms with Crippen LogP contribution in [0.2, 0.25) is 0 Å². The van der Waals surface area contributed by atoms with Crippen molar-refractivity contribution in [3.8, 4) is 0 Å². The third-order valence-electron chi connectivity index (χ3n) is 1.72. The smallest absolute Gasteiger partial charge is 0.345 e. The van der Waals surface area contributed by atoms with Gasteiger partial charge in [-0.3, -0.25) is 0 Å². The van der Waals surface area contributed by atoms with Crippen LogP contribution >= 0.6 is 47.0 Å². The summed E-state index contributed by atoms with van der Waals surface area (Å²) in [5.41, 5.74) is 0. The molecule has 8 heteroatoms. The van der Waals surface area contributed by atoms with E-state index in [-0.39, 0.29) is 5.97 Å². The number of methoxy groups -OCH3 is 1. The molecule has 0 amide bonds. The average Bonchev–Trinajstić information content (AvgIpc) is 2.95. The lowest BCUT2D eigenvalue weighted by Gasteiger charge is -2.01. The van der Waals surface area contributed by atoms with Crippen LogP contribution in [0, 0.1) is 0 Å². The molecule has 0 aromatic rings. The van der Waals surface area contributed by atoms with E-state index in [0.29, 0.717) is 9.81 Å². The zero-order valence-electron chi connectivity index (χ0n) is 8.46. The van der Waals surface area contributed by atoms with Crippen LogP contribution in [0.25, 0.3) is 0 Å². The minimum absolute atomic E-state index is 0.310. The van der Waals surface area contributed by atoms with Crippen LogP contribution in [0.4, 0.5) is 0 Å². The van der Waals surface area contributed by atoms with Crippen LogP contribution in [0.1, 0.15) is 0 Å². The van der Waals surface area contributed by atoms with Gasteiger partial charge < -0.3 is 9.84 Å². The Hall–Kier alpha value is -0.440. The largest absolute Gasteiger partial charge is 0.477 e. The summed E-state index contributed by atoms with van der Waals surface area (Å²) in [5, 5.41) is 12.2. The molecule has 0 saturated carbocycles. The molecule has 0 spiro atoms. The molecule has 2 aliphatic heterocycles. The van der Waals surface area contributed by atoms with Gasteiger partial charge in [-0.1, -0.05) is 47.0 Å². The lowest BCUT2D eigenvalue weighted by Crippen LogP contribution is -1.99. The van der Waals surface area contributed by atoms with E-state index < -0.39 is 5.97 Å². The first-order chi connectivity index (χ1) is 8.11. The van der Waals surface area contributed by atoms with Gasteiger partial charge in [-0.2, -0.15) is 0 Å². The Kier molecular flexibility index (Phi) is 4.18. The number of carboxylic acids is 1. The summed E-state index contributed by atoms with van der Waals surface area (Å²) >= 11 is 5.32. The molecule has 17 heavy (non-hydrogen) atoms. The van der Waals surface area contributed by atoms with Gasteiger partial charge >= 0.3 is 11.9 Å². The molecular weight excluding hydrogens is 300 g/mol. The third kappa shape index (κ3) is 2.87. The van der Waals surface area contributed by atoms with E-state index in [1.165, 1.54) is 54.2 Å². The predicted octanol–water partition coefficient (Wildman–Crippen LogP) is 3.01. The van der Waals surface area contributed by atoms with E-state index in [4.69, 9.17) is 5.11 Å². The second-order valence-electron chi connectivity index (χ2n) is 2.78. The Morgan fingerprint density at radius 1 is 1.12 bits per heavy atom. The first-order valence-electron chi connectivity index (χ1n) is 4.27. The molecule has 0 aromatic carbocycles. The molecule has 0 bridgehead atoms. The highest BCUT2D eigenvalue weighted by molar-refractivity contribution is 8.34. The van der Waals surface area contributed by atoms with Crippen molar-refractivity contribution >= 4 is 59.0 Å². The van der Waals surface area contributed by atoms with Crippen LogP contribution < -0.4 is 0 Å². The topological polar surface area (TPSA) is 63.6 Å². The number of hydrogen-bond donors (Lipinski definition) is 1. The Bertz CT molecular complexity index is 477. The number of ether oxygens (including phenoxy) is 1. The van der Waals surface area contributed by atoms with E-state index in [2.05, 4.69) is 4.74 Å². The van der Waals surface area contributed by atoms with Crippen molar-refractivity contribution in [1.82, 2.24) is 0 Å². The highest BCUT2D eigenvalue weighted by Gasteiger charge is 2.26. The average molecular weight is 306 g/mol. The van der Waals surface area contributed by atoms with Crippen LogP contribution in [0.5, 0.6) is 0 Å². The first-order valence-corrected chi connectivity index (χ1v) is 7.66. The zero-order chi connectivity index (χ0) is 12.4. The molecule has 0 radical (unpaired) electrons. The maximum Gasteiger partial charge on any atom is 0.345 e. The number of carboxylic acid groups (broad SMARTS) is 1. The molecule has 4 nitrogen and oxygen atoms in total. The highest BCUT2D eigenvalue weighted by Crippen LogP contribution is 2.55. The molecule has 90 valence electrons. The summed E-state index contributed by atoms with van der Waals surface area (Å²) in [4.78, 5) is 22.9. The molecule has 2 rings (SSSR count). The maximum absolute atomic E-state index is 11.3. The Morgan fingerprint density at radius 2 is 1.65 bits per heavy atom. The van der Waals surface area contributed by atoms with Crippen molar-refractivity contribution in [2.24, 2.45) is 0 Å². The van der Waals surface area contributed by atoms with Crippen molar-refractivity contribution < 1.29 is 19.4 Å². The molecule has 0 unspecified atom stereocenters. The normalized spacial score (nSPS) is 23.4. The van der Waals surface area contributed by atoms with E-state index in [1.54, 1.807) is 10.8 Å². The van der Waals surface area contributed by atoms with Crippen molar-refractivity contribution in [2.75, 3.05) is 7.11 Å². The molecule has 0 atom stereocenters. The van der Waals surface area contributed by atoms with Gasteiger partial charge in [-0.25, -0.2) is 9.59 Å². The van der Waals surface area contributed by atoms with Gasteiger partial charge in [0.15, 0.2) is 0 Å². The minimum atomic E-state index is -0.924. The minimum Gasteiger partial charge on any atom is -0.477 e. The Morgan fingerprint density at radius 3 is 2.12 bits per heavy atom. The van der Waals surface area contributed by atoms with Gasteiger partial charge in [0.1, 0.15) is 9.81 Å². The molecule has 0 saturated heterocycles. The van der Waals surface area contributed by atoms with Gasteiger partial charge in [-0.15, -0.1) is 0 Å². The summed E-state index contributed by atoms with van der Waals surface area (Å²) < 4.78 is 6.44. The second-order valence-corrected chi connectivity index (χ2v) is 7.16. The Balaban J connectivity index is 2.04. The van der Waals surface area contributed by atoms with Crippen LogP contribution in [0.15, 0.2) is 29.1 Å². The number of esters is 1.